The lowest BCUT2D eigenvalue weighted by molar-refractivity contribution is 0.318. The van der Waals surface area contributed by atoms with Gasteiger partial charge in [-0.3, -0.25) is 0 Å². The Hall–Kier alpha value is -0.570. The zero-order valence-corrected chi connectivity index (χ0v) is 12.3. The summed E-state index contributed by atoms with van der Waals surface area (Å²) < 4.78 is 0. The van der Waals surface area contributed by atoms with Crippen LogP contribution in [0.5, 0.6) is 0 Å². The molecule has 0 aliphatic carbocycles. The molecule has 3 heteroatoms. The lowest BCUT2D eigenvalue weighted by Crippen LogP contribution is -2.21. The van der Waals surface area contributed by atoms with Gasteiger partial charge >= 0.3 is 0 Å². The molecule has 0 atom stereocenters. The summed E-state index contributed by atoms with van der Waals surface area (Å²) >= 11 is 6.15. The number of unbranched alkanes of at least 4 members (excludes halogenated alkanes) is 1. The normalized spacial score (nSPS) is 11.1. The molecule has 0 aliphatic heterocycles. The van der Waals surface area contributed by atoms with Gasteiger partial charge in [0.05, 0.1) is 0 Å². The molecule has 1 rings (SSSR count). The number of nitrogens with zero attached hydrogens (tertiary/aromatic N) is 1. The Morgan fingerprint density at radius 3 is 2.67 bits per heavy atom. The van der Waals surface area contributed by atoms with Gasteiger partial charge in [-0.05, 0) is 57.6 Å². The molecule has 18 heavy (non-hydrogen) atoms. The van der Waals surface area contributed by atoms with E-state index in [1.807, 2.05) is 18.2 Å². The van der Waals surface area contributed by atoms with E-state index in [9.17, 15) is 0 Å². The molecule has 0 aliphatic rings. The van der Waals surface area contributed by atoms with Crippen molar-refractivity contribution in [2.75, 3.05) is 26.7 Å². The third-order valence-corrected chi connectivity index (χ3v) is 3.34. The average molecular weight is 269 g/mol. The van der Waals surface area contributed by atoms with Gasteiger partial charge in [-0.2, -0.15) is 0 Å². The highest BCUT2D eigenvalue weighted by Gasteiger charge is 2.03. The molecule has 0 spiro atoms. The summed E-state index contributed by atoms with van der Waals surface area (Å²) in [5.41, 5.74) is 1.21. The summed E-state index contributed by atoms with van der Waals surface area (Å²) in [5.74, 6) is 0. The average Bonchev–Trinajstić information content (AvgIpc) is 2.36. The molecule has 1 aromatic rings. The van der Waals surface area contributed by atoms with Crippen LogP contribution in [-0.2, 0) is 6.54 Å². The minimum atomic E-state index is 0.869. The second-order valence-electron chi connectivity index (χ2n) is 4.79. The van der Waals surface area contributed by atoms with Crippen molar-refractivity contribution in [3.05, 3.63) is 34.9 Å². The summed E-state index contributed by atoms with van der Waals surface area (Å²) in [6.07, 6.45) is 3.69. The van der Waals surface area contributed by atoms with E-state index in [1.54, 1.807) is 0 Å². The lowest BCUT2D eigenvalue weighted by atomic mass is 10.2. The van der Waals surface area contributed by atoms with Crippen molar-refractivity contribution in [2.24, 2.45) is 0 Å². The maximum Gasteiger partial charge on any atom is 0.0451 e. The van der Waals surface area contributed by atoms with E-state index in [0.717, 1.165) is 31.2 Å². The molecule has 0 heterocycles. The maximum absolute atomic E-state index is 6.15. The Balaban J connectivity index is 2.14. The van der Waals surface area contributed by atoms with Crippen LogP contribution in [0.25, 0.3) is 0 Å². The van der Waals surface area contributed by atoms with E-state index in [4.69, 9.17) is 11.6 Å². The van der Waals surface area contributed by atoms with Crippen LogP contribution in [0.2, 0.25) is 5.02 Å². The molecular formula is C15H25ClN2. The van der Waals surface area contributed by atoms with Crippen molar-refractivity contribution >= 4 is 11.6 Å². The van der Waals surface area contributed by atoms with Crippen LogP contribution in [0.4, 0.5) is 0 Å². The van der Waals surface area contributed by atoms with Crippen molar-refractivity contribution in [1.82, 2.24) is 10.2 Å². The largest absolute Gasteiger partial charge is 0.317 e. The van der Waals surface area contributed by atoms with Crippen molar-refractivity contribution in [1.29, 1.82) is 0 Å². The van der Waals surface area contributed by atoms with E-state index in [-0.39, 0.29) is 0 Å². The molecule has 0 aromatic heterocycles. The Bertz CT molecular complexity index is 328. The van der Waals surface area contributed by atoms with E-state index in [2.05, 4.69) is 30.3 Å². The van der Waals surface area contributed by atoms with Crippen molar-refractivity contribution in [3.8, 4) is 0 Å². The van der Waals surface area contributed by atoms with Crippen LogP contribution >= 0.6 is 11.6 Å². The van der Waals surface area contributed by atoms with Gasteiger partial charge in [-0.1, -0.05) is 36.7 Å². The van der Waals surface area contributed by atoms with Crippen molar-refractivity contribution < 1.29 is 0 Å². The highest BCUT2D eigenvalue weighted by atomic mass is 35.5. The first-order chi connectivity index (χ1) is 8.74. The second kappa shape index (κ2) is 9.37. The Morgan fingerprint density at radius 2 is 1.94 bits per heavy atom. The first-order valence-electron chi connectivity index (χ1n) is 6.86. The molecule has 0 unspecified atom stereocenters. The zero-order chi connectivity index (χ0) is 13.2. The highest BCUT2D eigenvalue weighted by Crippen LogP contribution is 2.16. The number of halogens is 1. The molecule has 0 amide bonds. The van der Waals surface area contributed by atoms with Crippen molar-refractivity contribution in [2.45, 2.75) is 32.7 Å². The van der Waals surface area contributed by atoms with Gasteiger partial charge in [0, 0.05) is 11.6 Å². The third kappa shape index (κ3) is 6.39. The van der Waals surface area contributed by atoms with Gasteiger partial charge in [-0.15, -0.1) is 0 Å². The van der Waals surface area contributed by atoms with Crippen LogP contribution < -0.4 is 5.32 Å². The van der Waals surface area contributed by atoms with Crippen LogP contribution in [0.15, 0.2) is 24.3 Å². The zero-order valence-electron chi connectivity index (χ0n) is 11.6. The van der Waals surface area contributed by atoms with Gasteiger partial charge < -0.3 is 10.2 Å². The molecule has 1 aromatic carbocycles. The third-order valence-electron chi connectivity index (χ3n) is 2.97. The lowest BCUT2D eigenvalue weighted by Gasteiger charge is -2.17. The first kappa shape index (κ1) is 15.5. The molecule has 0 fully saturated rings. The summed E-state index contributed by atoms with van der Waals surface area (Å²) in [6, 6.07) is 8.08. The fraction of sp³-hybridized carbons (Fsp3) is 0.600. The SMILES string of the molecule is CCCNCCCCN(C)Cc1ccccc1Cl. The number of hydrogen-bond donors (Lipinski definition) is 1. The predicted molar refractivity (Wildman–Crippen MR) is 80.2 cm³/mol. The summed E-state index contributed by atoms with van der Waals surface area (Å²) in [6.45, 7) is 6.52. The minimum absolute atomic E-state index is 0.869. The van der Waals surface area contributed by atoms with E-state index < -0.39 is 0 Å². The smallest absolute Gasteiger partial charge is 0.0451 e. The van der Waals surface area contributed by atoms with Crippen LogP contribution in [0.1, 0.15) is 31.7 Å². The van der Waals surface area contributed by atoms with Gasteiger partial charge in [-0.25, -0.2) is 0 Å². The molecule has 102 valence electrons. The summed E-state index contributed by atoms with van der Waals surface area (Å²) in [5, 5.41) is 4.30. The van der Waals surface area contributed by atoms with Gasteiger partial charge in [0.1, 0.15) is 0 Å². The molecular weight excluding hydrogens is 244 g/mol. The van der Waals surface area contributed by atoms with E-state index >= 15 is 0 Å². The minimum Gasteiger partial charge on any atom is -0.317 e. The highest BCUT2D eigenvalue weighted by molar-refractivity contribution is 6.31. The van der Waals surface area contributed by atoms with Crippen LogP contribution in [-0.4, -0.2) is 31.6 Å². The monoisotopic (exact) mass is 268 g/mol. The van der Waals surface area contributed by atoms with E-state index in [0.29, 0.717) is 0 Å². The molecule has 1 N–H and O–H groups in total. The number of benzene rings is 1. The number of hydrogen-bond acceptors (Lipinski definition) is 2. The number of nitrogens with one attached hydrogen (secondary N) is 1. The maximum atomic E-state index is 6.15. The van der Waals surface area contributed by atoms with Gasteiger partial charge in [0.2, 0.25) is 0 Å². The molecule has 0 bridgehead atoms. The standard InChI is InChI=1S/C15H25ClN2/c1-3-10-17-11-6-7-12-18(2)13-14-8-4-5-9-15(14)16/h4-5,8-9,17H,3,6-7,10-13H2,1-2H3. The Kier molecular flexibility index (Phi) is 8.06. The Morgan fingerprint density at radius 1 is 1.17 bits per heavy atom. The molecule has 0 saturated heterocycles. The number of rotatable bonds is 9. The van der Waals surface area contributed by atoms with E-state index in [1.165, 1.54) is 24.8 Å². The van der Waals surface area contributed by atoms with Crippen molar-refractivity contribution in [3.63, 3.8) is 0 Å². The quantitative estimate of drug-likeness (QED) is 0.689. The van der Waals surface area contributed by atoms with Gasteiger partial charge in [0.25, 0.3) is 0 Å². The topological polar surface area (TPSA) is 15.3 Å². The Labute approximate surface area is 116 Å². The first-order valence-corrected chi connectivity index (χ1v) is 7.24. The predicted octanol–water partition coefficient (Wildman–Crippen LogP) is 3.55. The molecule has 2 nitrogen and oxygen atoms in total. The molecule has 0 radical (unpaired) electrons. The summed E-state index contributed by atoms with van der Waals surface area (Å²) in [4.78, 5) is 2.33. The van der Waals surface area contributed by atoms with Crippen LogP contribution in [0.3, 0.4) is 0 Å². The fourth-order valence-corrected chi connectivity index (χ4v) is 2.13. The second-order valence-corrected chi connectivity index (χ2v) is 5.19. The molecule has 0 saturated carbocycles. The van der Waals surface area contributed by atoms with Gasteiger partial charge in [0.15, 0.2) is 0 Å². The van der Waals surface area contributed by atoms with Crippen LogP contribution in [0, 0.1) is 0 Å². The fourth-order valence-electron chi connectivity index (χ4n) is 1.93. The summed E-state index contributed by atoms with van der Waals surface area (Å²) in [7, 11) is 2.16.